The predicted octanol–water partition coefficient (Wildman–Crippen LogP) is 3.28. The number of piperidine rings is 1. The summed E-state index contributed by atoms with van der Waals surface area (Å²) in [5, 5.41) is 6.30. The summed E-state index contributed by atoms with van der Waals surface area (Å²) in [6.45, 7) is 5.08. The van der Waals surface area contributed by atoms with Gasteiger partial charge in [0.2, 0.25) is 0 Å². The monoisotopic (exact) mass is 341 g/mol. The minimum absolute atomic E-state index is 0.362. The Bertz CT molecular complexity index is 776. The van der Waals surface area contributed by atoms with Crippen molar-refractivity contribution in [2.75, 3.05) is 13.1 Å². The van der Waals surface area contributed by atoms with E-state index in [1.807, 2.05) is 18.3 Å². The number of aromatic nitrogens is 4. The van der Waals surface area contributed by atoms with Gasteiger partial charge in [0.1, 0.15) is 5.69 Å². The minimum atomic E-state index is 0.362. The number of rotatable bonds is 4. The number of hydrogen-bond acceptors (Lipinski definition) is 7. The molecule has 0 bridgehead atoms. The third kappa shape index (κ3) is 3.37. The zero-order valence-corrected chi connectivity index (χ0v) is 14.4. The molecule has 0 aromatic carbocycles. The molecule has 0 spiro atoms. The predicted molar refractivity (Wildman–Crippen MR) is 91.6 cm³/mol. The lowest BCUT2D eigenvalue weighted by atomic mass is 9.96. The fourth-order valence-corrected chi connectivity index (χ4v) is 3.73. The first-order valence-corrected chi connectivity index (χ1v) is 9.03. The first-order valence-electron chi connectivity index (χ1n) is 8.15. The Morgan fingerprint density at radius 2 is 2.12 bits per heavy atom. The van der Waals surface area contributed by atoms with Crippen LogP contribution in [0.1, 0.15) is 35.2 Å². The maximum absolute atomic E-state index is 5.38. The maximum atomic E-state index is 5.38. The highest BCUT2D eigenvalue weighted by Crippen LogP contribution is 2.28. The van der Waals surface area contributed by atoms with E-state index in [0.717, 1.165) is 44.0 Å². The maximum Gasteiger partial charge on any atom is 0.278 e. The molecule has 1 aliphatic rings. The average molecular weight is 341 g/mol. The van der Waals surface area contributed by atoms with Crippen molar-refractivity contribution in [2.45, 2.75) is 32.2 Å². The van der Waals surface area contributed by atoms with Crippen molar-refractivity contribution in [3.05, 3.63) is 46.3 Å². The van der Waals surface area contributed by atoms with Crippen LogP contribution < -0.4 is 0 Å². The van der Waals surface area contributed by atoms with Crippen LogP contribution >= 0.6 is 11.3 Å². The van der Waals surface area contributed by atoms with Crippen molar-refractivity contribution < 1.29 is 4.52 Å². The normalized spacial score (nSPS) is 16.5. The van der Waals surface area contributed by atoms with Crippen molar-refractivity contribution in [1.82, 2.24) is 25.0 Å². The molecule has 7 heteroatoms. The van der Waals surface area contributed by atoms with E-state index in [4.69, 9.17) is 4.52 Å². The van der Waals surface area contributed by atoms with Crippen molar-refractivity contribution in [3.8, 4) is 11.6 Å². The fraction of sp³-hybridized carbons (Fsp3) is 0.412. The van der Waals surface area contributed by atoms with E-state index in [-0.39, 0.29) is 0 Å². The topological polar surface area (TPSA) is 67.9 Å². The summed E-state index contributed by atoms with van der Waals surface area (Å²) in [5.41, 5.74) is 1.51. The molecule has 24 heavy (non-hydrogen) atoms. The molecular weight excluding hydrogens is 322 g/mol. The molecule has 0 atom stereocenters. The Balaban J connectivity index is 1.38. The van der Waals surface area contributed by atoms with E-state index in [1.54, 1.807) is 12.4 Å². The lowest BCUT2D eigenvalue weighted by Crippen LogP contribution is -2.32. The lowest BCUT2D eigenvalue weighted by molar-refractivity contribution is 0.201. The van der Waals surface area contributed by atoms with Crippen molar-refractivity contribution in [2.24, 2.45) is 0 Å². The van der Waals surface area contributed by atoms with Gasteiger partial charge in [0, 0.05) is 23.5 Å². The van der Waals surface area contributed by atoms with E-state index in [9.17, 15) is 0 Å². The third-order valence-corrected chi connectivity index (χ3v) is 5.22. The van der Waals surface area contributed by atoms with Crippen molar-refractivity contribution >= 4 is 11.3 Å². The van der Waals surface area contributed by atoms with Gasteiger partial charge in [-0.15, -0.1) is 11.3 Å². The summed E-state index contributed by atoms with van der Waals surface area (Å²) in [5.74, 6) is 1.61. The summed E-state index contributed by atoms with van der Waals surface area (Å²) in [7, 11) is 0. The summed E-state index contributed by atoms with van der Waals surface area (Å²) in [4.78, 5) is 17.0. The molecule has 0 radical (unpaired) electrons. The molecule has 3 aromatic rings. The Kier molecular flexibility index (Phi) is 4.36. The number of likely N-dealkylation sites (tertiary alicyclic amines) is 1. The van der Waals surface area contributed by atoms with E-state index in [0.29, 0.717) is 17.5 Å². The molecule has 0 saturated carbocycles. The highest BCUT2D eigenvalue weighted by atomic mass is 32.1. The molecular formula is C17H19N5OS. The first kappa shape index (κ1) is 15.4. The van der Waals surface area contributed by atoms with E-state index < -0.39 is 0 Å². The highest BCUT2D eigenvalue weighted by Gasteiger charge is 2.25. The molecule has 1 fully saturated rings. The SMILES string of the molecule is Cc1cnc(-c2nc(C3CCN(Cc4cccs4)CC3)no2)cn1. The van der Waals surface area contributed by atoms with Gasteiger partial charge in [-0.25, -0.2) is 4.98 Å². The van der Waals surface area contributed by atoms with Crippen molar-refractivity contribution in [3.63, 3.8) is 0 Å². The van der Waals surface area contributed by atoms with Crippen LogP contribution in [0.5, 0.6) is 0 Å². The van der Waals surface area contributed by atoms with Crippen LogP contribution in [0, 0.1) is 6.92 Å². The van der Waals surface area contributed by atoms with Gasteiger partial charge in [0.15, 0.2) is 5.82 Å². The first-order chi connectivity index (χ1) is 11.8. The van der Waals surface area contributed by atoms with Gasteiger partial charge in [-0.1, -0.05) is 11.2 Å². The zero-order valence-electron chi connectivity index (χ0n) is 13.6. The second-order valence-corrected chi connectivity index (χ2v) is 7.16. The molecule has 3 aromatic heterocycles. The summed E-state index contributed by atoms with van der Waals surface area (Å²) < 4.78 is 5.38. The van der Waals surface area contributed by atoms with Crippen molar-refractivity contribution in [1.29, 1.82) is 0 Å². The van der Waals surface area contributed by atoms with Crippen LogP contribution in [0.15, 0.2) is 34.4 Å². The van der Waals surface area contributed by atoms with Gasteiger partial charge < -0.3 is 4.52 Å². The molecule has 1 aliphatic heterocycles. The summed E-state index contributed by atoms with van der Waals surface area (Å²) in [6.07, 6.45) is 5.51. The van der Waals surface area contributed by atoms with Gasteiger partial charge in [0.05, 0.1) is 11.9 Å². The Labute approximate surface area is 144 Å². The average Bonchev–Trinajstić information content (AvgIpc) is 3.28. The summed E-state index contributed by atoms with van der Waals surface area (Å²) >= 11 is 1.82. The van der Waals surface area contributed by atoms with Gasteiger partial charge in [-0.2, -0.15) is 4.98 Å². The largest absolute Gasteiger partial charge is 0.332 e. The quantitative estimate of drug-likeness (QED) is 0.725. The standard InChI is InChI=1S/C17H19N5OS/c1-12-9-19-15(10-18-12)17-20-16(21-23-17)13-4-6-22(7-5-13)11-14-3-2-8-24-14/h2-3,8-10,13H,4-7,11H2,1H3. The van der Waals surface area contributed by atoms with Gasteiger partial charge in [-0.05, 0) is 44.3 Å². The van der Waals surface area contributed by atoms with Gasteiger partial charge in [0.25, 0.3) is 5.89 Å². The third-order valence-electron chi connectivity index (χ3n) is 4.35. The number of aryl methyl sites for hydroxylation is 1. The minimum Gasteiger partial charge on any atom is -0.332 e. The number of thiophene rings is 1. The summed E-state index contributed by atoms with van der Waals surface area (Å²) in [6, 6.07) is 4.31. The molecule has 4 rings (SSSR count). The Morgan fingerprint density at radius 3 is 2.83 bits per heavy atom. The smallest absolute Gasteiger partial charge is 0.278 e. The van der Waals surface area contributed by atoms with Gasteiger partial charge in [-0.3, -0.25) is 9.88 Å². The number of nitrogens with zero attached hydrogens (tertiary/aromatic N) is 5. The van der Waals surface area contributed by atoms with Crippen LogP contribution in [0.25, 0.3) is 11.6 Å². The van der Waals surface area contributed by atoms with Gasteiger partial charge >= 0.3 is 0 Å². The van der Waals surface area contributed by atoms with Crippen LogP contribution in [-0.2, 0) is 6.54 Å². The molecule has 1 saturated heterocycles. The fourth-order valence-electron chi connectivity index (χ4n) is 2.98. The van der Waals surface area contributed by atoms with E-state index in [1.165, 1.54) is 4.88 Å². The molecule has 4 heterocycles. The highest BCUT2D eigenvalue weighted by molar-refractivity contribution is 7.09. The second-order valence-electron chi connectivity index (χ2n) is 6.13. The van der Waals surface area contributed by atoms with E-state index in [2.05, 4.69) is 42.5 Å². The molecule has 0 aliphatic carbocycles. The molecule has 6 nitrogen and oxygen atoms in total. The Morgan fingerprint density at radius 1 is 1.25 bits per heavy atom. The second kappa shape index (κ2) is 6.78. The van der Waals surface area contributed by atoms with Crippen LogP contribution in [0.4, 0.5) is 0 Å². The van der Waals surface area contributed by atoms with Crippen LogP contribution in [0.2, 0.25) is 0 Å². The molecule has 0 amide bonds. The molecule has 124 valence electrons. The molecule has 0 N–H and O–H groups in total. The zero-order chi connectivity index (χ0) is 16.4. The number of hydrogen-bond donors (Lipinski definition) is 0. The lowest BCUT2D eigenvalue weighted by Gasteiger charge is -2.30. The molecule has 0 unspecified atom stereocenters. The Hall–Kier alpha value is -2.12. The van der Waals surface area contributed by atoms with E-state index >= 15 is 0 Å². The van der Waals surface area contributed by atoms with Crippen LogP contribution in [0.3, 0.4) is 0 Å². The van der Waals surface area contributed by atoms with Crippen LogP contribution in [-0.4, -0.2) is 38.1 Å².